The highest BCUT2D eigenvalue weighted by atomic mass is 16.5. The maximum absolute atomic E-state index is 11.9. The minimum atomic E-state index is -0.386. The highest BCUT2D eigenvalue weighted by Crippen LogP contribution is 2.32. The highest BCUT2D eigenvalue weighted by molar-refractivity contribution is 5.87. The lowest BCUT2D eigenvalue weighted by Gasteiger charge is -2.22. The van der Waals surface area contributed by atoms with Gasteiger partial charge < -0.3 is 14.0 Å². The number of methoxy groups -OCH3 is 2. The molecule has 0 radical (unpaired) electrons. The van der Waals surface area contributed by atoms with Gasteiger partial charge in [-0.1, -0.05) is 31.5 Å². The quantitative estimate of drug-likeness (QED) is 0.767. The van der Waals surface area contributed by atoms with E-state index in [0.717, 1.165) is 24.2 Å². The number of esters is 1. The molecule has 1 unspecified atom stereocenters. The Balaban J connectivity index is 2.49. The first kappa shape index (κ1) is 15.1. The van der Waals surface area contributed by atoms with Gasteiger partial charge in [0, 0.05) is 5.56 Å². The first-order chi connectivity index (χ1) is 10.2. The summed E-state index contributed by atoms with van der Waals surface area (Å²) in [6.07, 6.45) is 5.05. The number of carbonyl (C=O) groups excluding carboxylic acids is 1. The van der Waals surface area contributed by atoms with Crippen LogP contribution in [-0.2, 0) is 4.74 Å². The first-order valence-electron chi connectivity index (χ1n) is 6.96. The number of para-hydroxylation sites is 1. The molecule has 1 aromatic heterocycles. The van der Waals surface area contributed by atoms with Gasteiger partial charge in [0.25, 0.3) is 0 Å². The fourth-order valence-electron chi connectivity index (χ4n) is 2.48. The topological polar surface area (TPSA) is 53.4 Å². The second-order valence-corrected chi connectivity index (χ2v) is 4.72. The smallest absolute Gasteiger partial charge is 0.356 e. The van der Waals surface area contributed by atoms with E-state index in [1.54, 1.807) is 13.4 Å². The van der Waals surface area contributed by atoms with Crippen molar-refractivity contribution in [3.63, 3.8) is 0 Å². The summed E-state index contributed by atoms with van der Waals surface area (Å²) in [5.74, 6) is 0.420. The molecular weight excluding hydrogens is 268 g/mol. The lowest BCUT2D eigenvalue weighted by Crippen LogP contribution is -2.17. The van der Waals surface area contributed by atoms with E-state index in [4.69, 9.17) is 9.47 Å². The maximum atomic E-state index is 11.9. The van der Waals surface area contributed by atoms with Gasteiger partial charge in [-0.25, -0.2) is 9.78 Å². The first-order valence-corrected chi connectivity index (χ1v) is 6.96. The molecule has 0 saturated heterocycles. The van der Waals surface area contributed by atoms with E-state index < -0.39 is 0 Å². The summed E-state index contributed by atoms with van der Waals surface area (Å²) in [5.41, 5.74) is 1.48. The Kier molecular flexibility index (Phi) is 4.98. The predicted octanol–water partition coefficient (Wildman–Crippen LogP) is 3.07. The lowest BCUT2D eigenvalue weighted by molar-refractivity contribution is 0.0586. The fraction of sp³-hybridized carbons (Fsp3) is 0.375. The highest BCUT2D eigenvalue weighted by Gasteiger charge is 2.22. The minimum absolute atomic E-state index is 0.0113. The average molecular weight is 288 g/mol. The number of hydrogen-bond acceptors (Lipinski definition) is 4. The standard InChI is InChI=1S/C16H20N2O3/c1-4-7-13(12-8-5-6-9-15(12)20-2)18-11-17-10-14(18)16(19)21-3/h5-6,8-11,13H,4,7H2,1-3H3. The molecule has 21 heavy (non-hydrogen) atoms. The molecule has 0 fully saturated rings. The van der Waals surface area contributed by atoms with Crippen LogP contribution >= 0.6 is 0 Å². The van der Waals surface area contributed by atoms with Crippen LogP contribution in [0.2, 0.25) is 0 Å². The molecule has 0 spiro atoms. The van der Waals surface area contributed by atoms with Crippen molar-refractivity contribution < 1.29 is 14.3 Å². The summed E-state index contributed by atoms with van der Waals surface area (Å²) in [6, 6.07) is 7.82. The third-order valence-corrected chi connectivity index (χ3v) is 3.46. The fourth-order valence-corrected chi connectivity index (χ4v) is 2.48. The summed E-state index contributed by atoms with van der Waals surface area (Å²) in [6.45, 7) is 2.11. The SMILES string of the molecule is CCCC(c1ccccc1OC)n1cncc1C(=O)OC. The Bertz CT molecular complexity index is 607. The Hall–Kier alpha value is -2.30. The van der Waals surface area contributed by atoms with Gasteiger partial charge in [0.05, 0.1) is 32.8 Å². The van der Waals surface area contributed by atoms with Crippen molar-refractivity contribution in [1.82, 2.24) is 9.55 Å². The molecule has 0 amide bonds. The molecule has 0 aliphatic heterocycles. The van der Waals surface area contributed by atoms with Crippen LogP contribution in [0.1, 0.15) is 41.9 Å². The van der Waals surface area contributed by atoms with Crippen LogP contribution < -0.4 is 4.74 Å². The lowest BCUT2D eigenvalue weighted by atomic mass is 10.0. The largest absolute Gasteiger partial charge is 0.496 e. The average Bonchev–Trinajstić information content (AvgIpc) is 3.01. The Morgan fingerprint density at radius 1 is 1.33 bits per heavy atom. The molecule has 0 N–H and O–H groups in total. The van der Waals surface area contributed by atoms with E-state index >= 15 is 0 Å². The molecule has 5 nitrogen and oxygen atoms in total. The van der Waals surface area contributed by atoms with Gasteiger partial charge in [-0.3, -0.25) is 0 Å². The van der Waals surface area contributed by atoms with Crippen LogP contribution in [0.15, 0.2) is 36.8 Å². The number of aromatic nitrogens is 2. The third kappa shape index (κ3) is 3.07. The van der Waals surface area contributed by atoms with Crippen molar-refractivity contribution in [2.45, 2.75) is 25.8 Å². The van der Waals surface area contributed by atoms with E-state index in [2.05, 4.69) is 11.9 Å². The maximum Gasteiger partial charge on any atom is 0.356 e. The van der Waals surface area contributed by atoms with Gasteiger partial charge >= 0.3 is 5.97 Å². The third-order valence-electron chi connectivity index (χ3n) is 3.46. The van der Waals surface area contributed by atoms with Gasteiger partial charge in [-0.2, -0.15) is 0 Å². The van der Waals surface area contributed by atoms with Crippen molar-refractivity contribution in [3.8, 4) is 5.75 Å². The molecule has 0 saturated carbocycles. The normalized spacial score (nSPS) is 12.0. The summed E-state index contributed by atoms with van der Waals surface area (Å²) in [7, 11) is 3.02. The minimum Gasteiger partial charge on any atom is -0.496 e. The molecule has 1 atom stereocenters. The summed E-state index contributed by atoms with van der Waals surface area (Å²) < 4.78 is 12.1. The number of ether oxygens (including phenoxy) is 2. The monoisotopic (exact) mass is 288 g/mol. The summed E-state index contributed by atoms with van der Waals surface area (Å²) >= 11 is 0. The number of benzene rings is 1. The van der Waals surface area contributed by atoms with Gasteiger partial charge in [-0.15, -0.1) is 0 Å². The molecule has 1 aromatic carbocycles. The van der Waals surface area contributed by atoms with E-state index in [9.17, 15) is 4.79 Å². The van der Waals surface area contributed by atoms with Gasteiger partial charge in [0.1, 0.15) is 11.4 Å². The number of nitrogens with zero attached hydrogens (tertiary/aromatic N) is 2. The van der Waals surface area contributed by atoms with Crippen LogP contribution in [0.3, 0.4) is 0 Å². The molecule has 112 valence electrons. The van der Waals surface area contributed by atoms with Crippen molar-refractivity contribution in [2.24, 2.45) is 0 Å². The van der Waals surface area contributed by atoms with Crippen LogP contribution in [-0.4, -0.2) is 29.7 Å². The molecule has 0 aliphatic rings. The van der Waals surface area contributed by atoms with Gasteiger partial charge in [0.15, 0.2) is 0 Å². The van der Waals surface area contributed by atoms with Crippen molar-refractivity contribution in [2.75, 3.05) is 14.2 Å². The second-order valence-electron chi connectivity index (χ2n) is 4.72. The number of carbonyl (C=O) groups is 1. The zero-order chi connectivity index (χ0) is 15.2. The van der Waals surface area contributed by atoms with E-state index in [1.807, 2.05) is 28.8 Å². The Morgan fingerprint density at radius 3 is 2.76 bits per heavy atom. The van der Waals surface area contributed by atoms with E-state index in [-0.39, 0.29) is 12.0 Å². The second kappa shape index (κ2) is 6.92. The van der Waals surface area contributed by atoms with Crippen LogP contribution in [0, 0.1) is 0 Å². The number of hydrogen-bond donors (Lipinski definition) is 0. The number of rotatable bonds is 6. The molecule has 2 rings (SSSR count). The molecule has 2 aromatic rings. The zero-order valence-corrected chi connectivity index (χ0v) is 12.6. The summed E-state index contributed by atoms with van der Waals surface area (Å²) in [5, 5.41) is 0. The number of imidazole rings is 1. The predicted molar refractivity (Wildman–Crippen MR) is 79.6 cm³/mol. The van der Waals surface area contributed by atoms with Crippen LogP contribution in [0.4, 0.5) is 0 Å². The van der Waals surface area contributed by atoms with Crippen molar-refractivity contribution in [3.05, 3.63) is 48.0 Å². The van der Waals surface area contributed by atoms with Crippen molar-refractivity contribution >= 4 is 5.97 Å². The molecule has 1 heterocycles. The molecule has 0 bridgehead atoms. The van der Waals surface area contributed by atoms with Crippen LogP contribution in [0.5, 0.6) is 5.75 Å². The molecular formula is C16H20N2O3. The molecule has 0 aliphatic carbocycles. The molecule has 5 heteroatoms. The van der Waals surface area contributed by atoms with Gasteiger partial charge in [0.2, 0.25) is 0 Å². The Morgan fingerprint density at radius 2 is 2.10 bits per heavy atom. The van der Waals surface area contributed by atoms with Crippen molar-refractivity contribution in [1.29, 1.82) is 0 Å². The zero-order valence-electron chi connectivity index (χ0n) is 12.6. The summed E-state index contributed by atoms with van der Waals surface area (Å²) in [4.78, 5) is 16.0. The van der Waals surface area contributed by atoms with E-state index in [0.29, 0.717) is 5.69 Å². The van der Waals surface area contributed by atoms with Crippen LogP contribution in [0.25, 0.3) is 0 Å². The van der Waals surface area contributed by atoms with E-state index in [1.165, 1.54) is 13.3 Å². The Labute approximate surface area is 124 Å². The van der Waals surface area contributed by atoms with Gasteiger partial charge in [-0.05, 0) is 12.5 Å².